The van der Waals surface area contributed by atoms with E-state index >= 15 is 0 Å². The number of sulfonamides is 1. The molecule has 2 N–H and O–H groups in total. The molecule has 0 aromatic heterocycles. The van der Waals surface area contributed by atoms with Crippen molar-refractivity contribution in [2.24, 2.45) is 0 Å². The van der Waals surface area contributed by atoms with Crippen molar-refractivity contribution in [1.82, 2.24) is 9.80 Å². The maximum Gasteiger partial charge on any atom is 0.322 e. The summed E-state index contributed by atoms with van der Waals surface area (Å²) in [6, 6.07) is 26.0. The van der Waals surface area contributed by atoms with Crippen LogP contribution in [0, 0.1) is 11.6 Å². The van der Waals surface area contributed by atoms with E-state index in [9.17, 15) is 22.0 Å². The standard InChI is InChI=1S/C33H34F2N4O4S.ClH/c1-44(41,42)37-28-12-16-31(17-13-28)43-30-14-6-24(7-15-30)22-38-20-18-29(19-21-38)39(23-25-4-2-3-5-32(25)35)33(40)36-27-10-8-26(34)9-11-27;/h2-17,29,37H,18-23H2,1H3,(H,36,40);1H. The number of carbonyl (C=O) groups is 1. The van der Waals surface area contributed by atoms with Crippen LogP contribution in [0.1, 0.15) is 24.0 Å². The summed E-state index contributed by atoms with van der Waals surface area (Å²) in [5, 5.41) is 2.84. The monoisotopic (exact) mass is 656 g/mol. The zero-order valence-electron chi connectivity index (χ0n) is 24.7. The Labute approximate surface area is 268 Å². The minimum Gasteiger partial charge on any atom is -0.457 e. The fourth-order valence-corrected chi connectivity index (χ4v) is 5.72. The zero-order chi connectivity index (χ0) is 31.1. The molecule has 0 unspecified atom stereocenters. The largest absolute Gasteiger partial charge is 0.457 e. The molecule has 1 heterocycles. The van der Waals surface area contributed by atoms with Gasteiger partial charge in [-0.05, 0) is 85.1 Å². The number of benzene rings is 4. The number of halogens is 3. The first-order valence-corrected chi connectivity index (χ1v) is 16.1. The summed E-state index contributed by atoms with van der Waals surface area (Å²) in [5.74, 6) is 0.490. The van der Waals surface area contributed by atoms with Crippen molar-refractivity contribution >= 4 is 39.8 Å². The number of amides is 2. The molecule has 2 amide bonds. The van der Waals surface area contributed by atoms with Crippen molar-refractivity contribution in [2.75, 3.05) is 29.4 Å². The molecule has 4 aromatic carbocycles. The van der Waals surface area contributed by atoms with E-state index in [4.69, 9.17) is 4.74 Å². The van der Waals surface area contributed by atoms with Crippen LogP contribution in [-0.2, 0) is 23.1 Å². The molecular weight excluding hydrogens is 622 g/mol. The van der Waals surface area contributed by atoms with Gasteiger partial charge in [0.25, 0.3) is 0 Å². The van der Waals surface area contributed by atoms with Crippen LogP contribution < -0.4 is 14.8 Å². The second-order valence-electron chi connectivity index (χ2n) is 10.8. The molecule has 0 radical (unpaired) electrons. The lowest BCUT2D eigenvalue weighted by atomic mass is 10.0. The smallest absolute Gasteiger partial charge is 0.322 e. The first-order chi connectivity index (χ1) is 21.1. The second kappa shape index (κ2) is 15.2. The van der Waals surface area contributed by atoms with Gasteiger partial charge >= 0.3 is 6.03 Å². The summed E-state index contributed by atoms with van der Waals surface area (Å²) >= 11 is 0. The van der Waals surface area contributed by atoms with Gasteiger partial charge in [0.2, 0.25) is 10.0 Å². The number of anilines is 2. The van der Waals surface area contributed by atoms with Crippen LogP contribution in [0.4, 0.5) is 25.0 Å². The molecule has 1 aliphatic heterocycles. The Morgan fingerprint density at radius 3 is 2.04 bits per heavy atom. The summed E-state index contributed by atoms with van der Waals surface area (Å²) in [4.78, 5) is 17.4. The molecule has 0 aliphatic carbocycles. The quantitative estimate of drug-likeness (QED) is 0.188. The highest BCUT2D eigenvalue weighted by Crippen LogP contribution is 2.26. The molecule has 12 heteroatoms. The van der Waals surface area contributed by atoms with Crippen LogP contribution >= 0.6 is 12.4 Å². The van der Waals surface area contributed by atoms with E-state index < -0.39 is 15.8 Å². The van der Waals surface area contributed by atoms with Crippen molar-refractivity contribution in [2.45, 2.75) is 32.0 Å². The summed E-state index contributed by atoms with van der Waals surface area (Å²) in [7, 11) is -3.34. The van der Waals surface area contributed by atoms with Crippen LogP contribution in [0.15, 0.2) is 97.1 Å². The summed E-state index contributed by atoms with van der Waals surface area (Å²) in [6.45, 7) is 2.37. The molecule has 4 aromatic rings. The van der Waals surface area contributed by atoms with E-state index in [-0.39, 0.29) is 36.8 Å². The molecule has 1 fully saturated rings. The van der Waals surface area contributed by atoms with Gasteiger partial charge in [0.1, 0.15) is 23.1 Å². The molecule has 0 atom stereocenters. The van der Waals surface area contributed by atoms with E-state index in [1.807, 2.05) is 24.3 Å². The Bertz CT molecular complexity index is 1670. The van der Waals surface area contributed by atoms with E-state index in [0.717, 1.165) is 44.3 Å². The third-order valence-corrected chi connectivity index (χ3v) is 7.98. The molecule has 8 nitrogen and oxygen atoms in total. The van der Waals surface area contributed by atoms with E-state index in [0.29, 0.717) is 28.4 Å². The molecular formula is C33H35ClF2N4O4S. The van der Waals surface area contributed by atoms with Crippen molar-refractivity contribution in [3.8, 4) is 11.5 Å². The van der Waals surface area contributed by atoms with Crippen LogP contribution in [0.2, 0.25) is 0 Å². The Kier molecular flexibility index (Phi) is 11.4. The zero-order valence-corrected chi connectivity index (χ0v) is 26.3. The van der Waals surface area contributed by atoms with Gasteiger partial charge in [-0.15, -0.1) is 12.4 Å². The minimum atomic E-state index is -3.34. The molecule has 5 rings (SSSR count). The Hall–Kier alpha value is -4.19. The van der Waals surface area contributed by atoms with Crippen molar-refractivity contribution < 1.29 is 26.7 Å². The topological polar surface area (TPSA) is 91.0 Å². The van der Waals surface area contributed by atoms with Crippen molar-refractivity contribution in [3.63, 3.8) is 0 Å². The fourth-order valence-electron chi connectivity index (χ4n) is 5.16. The van der Waals surface area contributed by atoms with Gasteiger partial charge in [-0.2, -0.15) is 0 Å². The van der Waals surface area contributed by atoms with Crippen LogP contribution in [0.3, 0.4) is 0 Å². The van der Waals surface area contributed by atoms with E-state index in [2.05, 4.69) is 14.9 Å². The number of urea groups is 1. The number of nitrogens with one attached hydrogen (secondary N) is 2. The van der Waals surface area contributed by atoms with Gasteiger partial charge in [0, 0.05) is 42.6 Å². The third kappa shape index (κ3) is 9.90. The van der Waals surface area contributed by atoms with Crippen LogP contribution in [0.5, 0.6) is 11.5 Å². The molecule has 1 aliphatic rings. The maximum atomic E-state index is 14.5. The summed E-state index contributed by atoms with van der Waals surface area (Å²) in [5.41, 5.74) is 2.48. The van der Waals surface area contributed by atoms with Gasteiger partial charge in [-0.1, -0.05) is 30.3 Å². The lowest BCUT2D eigenvalue weighted by Crippen LogP contribution is -2.48. The Morgan fingerprint density at radius 2 is 1.44 bits per heavy atom. The minimum absolute atomic E-state index is 0. The van der Waals surface area contributed by atoms with Gasteiger partial charge in [0.05, 0.1) is 12.8 Å². The first kappa shape index (κ1) is 33.7. The average Bonchev–Trinajstić information content (AvgIpc) is 3.00. The highest BCUT2D eigenvalue weighted by atomic mass is 35.5. The van der Waals surface area contributed by atoms with Gasteiger partial charge in [-0.3, -0.25) is 9.62 Å². The molecule has 45 heavy (non-hydrogen) atoms. The molecule has 1 saturated heterocycles. The van der Waals surface area contributed by atoms with E-state index in [1.54, 1.807) is 47.4 Å². The third-order valence-electron chi connectivity index (χ3n) is 7.38. The Balaban J connectivity index is 0.00000461. The normalized spacial score (nSPS) is 13.8. The van der Waals surface area contributed by atoms with Crippen LogP contribution in [-0.4, -0.2) is 49.6 Å². The number of ether oxygens (including phenoxy) is 1. The number of nitrogens with zero attached hydrogens (tertiary/aromatic N) is 2. The number of hydrogen-bond acceptors (Lipinski definition) is 5. The predicted octanol–water partition coefficient (Wildman–Crippen LogP) is 7.25. The van der Waals surface area contributed by atoms with Gasteiger partial charge in [-0.25, -0.2) is 22.0 Å². The highest BCUT2D eigenvalue weighted by molar-refractivity contribution is 7.92. The van der Waals surface area contributed by atoms with Gasteiger partial charge in [0.15, 0.2) is 0 Å². The molecule has 238 valence electrons. The first-order valence-electron chi connectivity index (χ1n) is 14.2. The van der Waals surface area contributed by atoms with E-state index in [1.165, 1.54) is 30.3 Å². The fraction of sp³-hybridized carbons (Fsp3) is 0.242. The number of likely N-dealkylation sites (tertiary alicyclic amines) is 1. The number of piperidine rings is 1. The average molecular weight is 657 g/mol. The van der Waals surface area contributed by atoms with Crippen molar-refractivity contribution in [1.29, 1.82) is 0 Å². The lowest BCUT2D eigenvalue weighted by molar-refractivity contribution is 0.119. The van der Waals surface area contributed by atoms with Gasteiger partial charge < -0.3 is 15.0 Å². The lowest BCUT2D eigenvalue weighted by Gasteiger charge is -2.38. The van der Waals surface area contributed by atoms with Crippen molar-refractivity contribution in [3.05, 3.63) is 120 Å². The summed E-state index contributed by atoms with van der Waals surface area (Å²) in [6.07, 6.45) is 2.54. The molecule has 0 saturated carbocycles. The molecule has 0 bridgehead atoms. The van der Waals surface area contributed by atoms with Crippen LogP contribution in [0.25, 0.3) is 0 Å². The predicted molar refractivity (Wildman–Crippen MR) is 174 cm³/mol. The maximum absolute atomic E-state index is 14.5. The number of hydrogen-bond donors (Lipinski definition) is 2. The Morgan fingerprint density at radius 1 is 0.867 bits per heavy atom. The second-order valence-corrected chi connectivity index (χ2v) is 12.6. The number of carbonyl (C=O) groups excluding carboxylic acids is 1. The highest BCUT2D eigenvalue weighted by Gasteiger charge is 2.29. The number of rotatable bonds is 10. The summed E-state index contributed by atoms with van der Waals surface area (Å²) < 4.78 is 59.0. The SMILES string of the molecule is CS(=O)(=O)Nc1ccc(Oc2ccc(CN3CCC(N(Cc4ccccc4F)C(=O)Nc4ccc(F)cc4)CC3)cc2)cc1.Cl. The molecule has 0 spiro atoms.